The van der Waals surface area contributed by atoms with E-state index in [4.69, 9.17) is 14.2 Å². The van der Waals surface area contributed by atoms with E-state index in [0.29, 0.717) is 19.6 Å². The number of hydrogen-bond acceptors (Lipinski definition) is 5. The molecule has 27 heavy (non-hydrogen) atoms. The molecule has 142 valence electrons. The minimum absolute atomic E-state index is 0.100. The third-order valence-corrected chi connectivity index (χ3v) is 4.74. The molecular formula is C20H23N3O4. The number of hydrogen-bond donors (Lipinski definition) is 1. The SMILES string of the molecule is O=C(NCc1ccc2c(c1)OCO2)N(Cc1ccncc1)C[C@@H]1CCCO1. The van der Waals surface area contributed by atoms with Crippen LogP contribution in [0.3, 0.4) is 0 Å². The Balaban J connectivity index is 1.39. The number of carbonyl (C=O) groups excluding carboxylic acids is 1. The van der Waals surface area contributed by atoms with Crippen molar-refractivity contribution in [3.8, 4) is 11.5 Å². The van der Waals surface area contributed by atoms with Crippen molar-refractivity contribution in [3.63, 3.8) is 0 Å². The number of urea groups is 1. The number of nitrogens with one attached hydrogen (secondary N) is 1. The number of rotatable bonds is 6. The van der Waals surface area contributed by atoms with Gasteiger partial charge in [-0.2, -0.15) is 0 Å². The van der Waals surface area contributed by atoms with E-state index in [9.17, 15) is 4.79 Å². The van der Waals surface area contributed by atoms with Gasteiger partial charge >= 0.3 is 6.03 Å². The summed E-state index contributed by atoms with van der Waals surface area (Å²) in [6, 6.07) is 9.43. The van der Waals surface area contributed by atoms with Crippen molar-refractivity contribution in [2.75, 3.05) is 19.9 Å². The van der Waals surface area contributed by atoms with Crippen molar-refractivity contribution in [2.45, 2.75) is 32.0 Å². The number of ether oxygens (including phenoxy) is 3. The lowest BCUT2D eigenvalue weighted by Gasteiger charge is -2.26. The molecule has 1 saturated heterocycles. The molecule has 0 aliphatic carbocycles. The Morgan fingerprint density at radius 1 is 1.15 bits per heavy atom. The molecule has 2 aromatic rings. The molecule has 1 fully saturated rings. The maximum absolute atomic E-state index is 12.8. The third-order valence-electron chi connectivity index (χ3n) is 4.74. The van der Waals surface area contributed by atoms with Crippen molar-refractivity contribution >= 4 is 6.03 Å². The van der Waals surface area contributed by atoms with Gasteiger partial charge in [-0.1, -0.05) is 6.07 Å². The average Bonchev–Trinajstić information content (AvgIpc) is 3.37. The number of fused-ring (bicyclic) bond motifs is 1. The van der Waals surface area contributed by atoms with E-state index < -0.39 is 0 Å². The molecule has 1 atom stereocenters. The first-order chi connectivity index (χ1) is 13.3. The molecular weight excluding hydrogens is 346 g/mol. The van der Waals surface area contributed by atoms with Crippen molar-refractivity contribution in [2.24, 2.45) is 0 Å². The molecule has 0 saturated carbocycles. The molecule has 7 heteroatoms. The fourth-order valence-corrected chi connectivity index (χ4v) is 3.30. The monoisotopic (exact) mass is 369 g/mol. The summed E-state index contributed by atoms with van der Waals surface area (Å²) in [6.45, 7) is 2.54. The van der Waals surface area contributed by atoms with Crippen molar-refractivity contribution in [1.29, 1.82) is 0 Å². The summed E-state index contributed by atoms with van der Waals surface area (Å²) in [6.07, 6.45) is 5.62. The summed E-state index contributed by atoms with van der Waals surface area (Å²) in [5.41, 5.74) is 2.01. The van der Waals surface area contributed by atoms with Crippen LogP contribution in [0.5, 0.6) is 11.5 Å². The number of carbonyl (C=O) groups is 1. The lowest BCUT2D eigenvalue weighted by molar-refractivity contribution is 0.0794. The molecule has 1 N–H and O–H groups in total. The predicted molar refractivity (Wildman–Crippen MR) is 98.4 cm³/mol. The molecule has 7 nitrogen and oxygen atoms in total. The summed E-state index contributed by atoms with van der Waals surface area (Å²) in [5.74, 6) is 1.46. The van der Waals surface area contributed by atoms with E-state index in [2.05, 4.69) is 10.3 Å². The normalized spacial score (nSPS) is 17.7. The highest BCUT2D eigenvalue weighted by atomic mass is 16.7. The number of pyridine rings is 1. The molecule has 2 aliphatic heterocycles. The van der Waals surface area contributed by atoms with Crippen molar-refractivity contribution in [1.82, 2.24) is 15.2 Å². The van der Waals surface area contributed by atoms with Crippen molar-refractivity contribution in [3.05, 3.63) is 53.9 Å². The summed E-state index contributed by atoms with van der Waals surface area (Å²) in [5, 5.41) is 3.00. The van der Waals surface area contributed by atoms with Gasteiger partial charge in [-0.25, -0.2) is 4.79 Å². The van der Waals surface area contributed by atoms with E-state index >= 15 is 0 Å². The Hall–Kier alpha value is -2.80. The first-order valence-corrected chi connectivity index (χ1v) is 9.20. The van der Waals surface area contributed by atoms with Gasteiger partial charge in [0.1, 0.15) is 0 Å². The fourth-order valence-electron chi connectivity index (χ4n) is 3.30. The van der Waals surface area contributed by atoms with E-state index in [1.807, 2.05) is 30.3 Å². The van der Waals surface area contributed by atoms with Crippen LogP contribution in [-0.4, -0.2) is 42.0 Å². The van der Waals surface area contributed by atoms with Gasteiger partial charge < -0.3 is 24.4 Å². The number of aromatic nitrogens is 1. The first kappa shape index (κ1) is 17.6. The minimum Gasteiger partial charge on any atom is -0.454 e. The van der Waals surface area contributed by atoms with Crippen LogP contribution in [0, 0.1) is 0 Å². The Bertz CT molecular complexity index is 778. The molecule has 1 aromatic carbocycles. The molecule has 1 aromatic heterocycles. The minimum atomic E-state index is -0.111. The van der Waals surface area contributed by atoms with Gasteiger partial charge in [-0.3, -0.25) is 4.98 Å². The topological polar surface area (TPSA) is 72.9 Å². The zero-order chi connectivity index (χ0) is 18.5. The summed E-state index contributed by atoms with van der Waals surface area (Å²) >= 11 is 0. The number of benzene rings is 1. The zero-order valence-electron chi connectivity index (χ0n) is 15.1. The predicted octanol–water partition coefficient (Wildman–Crippen LogP) is 2.70. The van der Waals surface area contributed by atoms with Gasteiger partial charge in [0.15, 0.2) is 11.5 Å². The highest BCUT2D eigenvalue weighted by molar-refractivity contribution is 5.74. The van der Waals surface area contributed by atoms with Crippen LogP contribution < -0.4 is 14.8 Å². The van der Waals surface area contributed by atoms with Crippen LogP contribution in [0.25, 0.3) is 0 Å². The Kier molecular flexibility index (Phi) is 5.39. The molecule has 0 radical (unpaired) electrons. The van der Waals surface area contributed by atoms with E-state index in [1.54, 1.807) is 17.3 Å². The van der Waals surface area contributed by atoms with Crippen LogP contribution in [0.4, 0.5) is 4.79 Å². The summed E-state index contributed by atoms with van der Waals surface area (Å²) in [7, 11) is 0. The van der Waals surface area contributed by atoms with E-state index in [0.717, 1.165) is 42.1 Å². The van der Waals surface area contributed by atoms with Crippen LogP contribution in [-0.2, 0) is 17.8 Å². The second-order valence-electron chi connectivity index (χ2n) is 6.72. The number of nitrogens with zero attached hydrogens (tertiary/aromatic N) is 2. The highest BCUT2D eigenvalue weighted by Gasteiger charge is 2.23. The largest absolute Gasteiger partial charge is 0.454 e. The maximum atomic E-state index is 12.8. The van der Waals surface area contributed by atoms with Gasteiger partial charge in [0.25, 0.3) is 0 Å². The van der Waals surface area contributed by atoms with Gasteiger partial charge in [0, 0.05) is 38.6 Å². The van der Waals surface area contributed by atoms with Crippen LogP contribution in [0.15, 0.2) is 42.7 Å². The van der Waals surface area contributed by atoms with Gasteiger partial charge in [-0.15, -0.1) is 0 Å². The standard InChI is InChI=1S/C20H23N3O4/c24-20(22-11-16-3-4-18-19(10-16)27-14-26-18)23(13-17-2-1-9-25-17)12-15-5-7-21-8-6-15/h3-8,10,17H,1-2,9,11-14H2,(H,22,24)/t17-/m0/s1. The van der Waals surface area contributed by atoms with Gasteiger partial charge in [-0.05, 0) is 48.2 Å². The molecule has 2 aliphatic rings. The quantitative estimate of drug-likeness (QED) is 0.848. The second-order valence-corrected chi connectivity index (χ2v) is 6.72. The Labute approximate surface area is 158 Å². The first-order valence-electron chi connectivity index (χ1n) is 9.20. The van der Waals surface area contributed by atoms with E-state index in [1.165, 1.54) is 0 Å². The average molecular weight is 369 g/mol. The van der Waals surface area contributed by atoms with Crippen LogP contribution in [0.1, 0.15) is 24.0 Å². The van der Waals surface area contributed by atoms with Crippen LogP contribution in [0.2, 0.25) is 0 Å². The van der Waals surface area contributed by atoms with Crippen molar-refractivity contribution < 1.29 is 19.0 Å². The third kappa shape index (κ3) is 4.49. The molecule has 0 unspecified atom stereocenters. The second kappa shape index (κ2) is 8.26. The Morgan fingerprint density at radius 3 is 2.81 bits per heavy atom. The lowest BCUT2D eigenvalue weighted by atomic mass is 10.2. The smallest absolute Gasteiger partial charge is 0.318 e. The van der Waals surface area contributed by atoms with Gasteiger partial charge in [0.05, 0.1) is 6.10 Å². The van der Waals surface area contributed by atoms with E-state index in [-0.39, 0.29) is 18.9 Å². The summed E-state index contributed by atoms with van der Waals surface area (Å²) < 4.78 is 16.4. The molecule has 0 bridgehead atoms. The lowest BCUT2D eigenvalue weighted by Crippen LogP contribution is -2.43. The molecule has 2 amide bonds. The molecule has 4 rings (SSSR count). The van der Waals surface area contributed by atoms with Crippen LogP contribution >= 0.6 is 0 Å². The fraction of sp³-hybridized carbons (Fsp3) is 0.400. The van der Waals surface area contributed by atoms with Gasteiger partial charge in [0.2, 0.25) is 6.79 Å². The molecule has 3 heterocycles. The molecule has 0 spiro atoms. The Morgan fingerprint density at radius 2 is 2.00 bits per heavy atom. The maximum Gasteiger partial charge on any atom is 0.318 e. The number of amides is 2. The summed E-state index contributed by atoms with van der Waals surface area (Å²) in [4.78, 5) is 18.7. The zero-order valence-corrected chi connectivity index (χ0v) is 15.1. The highest BCUT2D eigenvalue weighted by Crippen LogP contribution is 2.32.